The number of rotatable bonds is 7. The molecule has 0 aliphatic rings. The summed E-state index contributed by atoms with van der Waals surface area (Å²) < 4.78 is 11.2. The molecule has 0 radical (unpaired) electrons. The molecule has 0 saturated carbocycles. The van der Waals surface area contributed by atoms with E-state index in [1.807, 2.05) is 31.2 Å². The smallest absolute Gasteiger partial charge is 0.253 e. The first-order valence-corrected chi connectivity index (χ1v) is 7.00. The summed E-state index contributed by atoms with van der Waals surface area (Å²) in [6, 6.07) is 8.06. The number of ether oxygens (including phenoxy) is 1. The van der Waals surface area contributed by atoms with Gasteiger partial charge >= 0.3 is 0 Å². The van der Waals surface area contributed by atoms with E-state index in [9.17, 15) is 0 Å². The first kappa shape index (κ1) is 14.5. The molecular formula is C15H21N3O2. The van der Waals surface area contributed by atoms with Crippen LogP contribution in [0.5, 0.6) is 5.75 Å². The summed E-state index contributed by atoms with van der Waals surface area (Å²) in [6.07, 6.45) is 2.48. The highest BCUT2D eigenvalue weighted by molar-refractivity contribution is 5.33. The molecule has 0 bridgehead atoms. The van der Waals surface area contributed by atoms with Gasteiger partial charge < -0.3 is 14.9 Å². The molecule has 108 valence electrons. The summed E-state index contributed by atoms with van der Waals surface area (Å²) in [5.74, 6) is 1.95. The first-order valence-electron chi connectivity index (χ1n) is 7.00. The van der Waals surface area contributed by atoms with Crippen molar-refractivity contribution in [2.24, 2.45) is 5.73 Å². The van der Waals surface area contributed by atoms with Crippen molar-refractivity contribution in [1.82, 2.24) is 10.2 Å². The van der Waals surface area contributed by atoms with Crippen LogP contribution in [0.2, 0.25) is 0 Å². The van der Waals surface area contributed by atoms with Gasteiger partial charge in [-0.25, -0.2) is 0 Å². The van der Waals surface area contributed by atoms with E-state index >= 15 is 0 Å². The normalized spacial score (nSPS) is 12.3. The third kappa shape index (κ3) is 3.81. The average molecular weight is 275 g/mol. The SMILES string of the molecule is CCc1nnc(COc2ccccc2CC(N)CC)o1. The number of nitrogens with two attached hydrogens (primary N) is 1. The Hall–Kier alpha value is -1.88. The number of aryl methyl sites for hydroxylation is 1. The summed E-state index contributed by atoms with van der Waals surface area (Å²) in [6.45, 7) is 4.34. The fourth-order valence-electron chi connectivity index (χ4n) is 1.87. The van der Waals surface area contributed by atoms with Crippen molar-refractivity contribution in [3.05, 3.63) is 41.6 Å². The van der Waals surface area contributed by atoms with Crippen LogP contribution in [0.25, 0.3) is 0 Å². The van der Waals surface area contributed by atoms with Crippen LogP contribution in [0.15, 0.2) is 28.7 Å². The highest BCUT2D eigenvalue weighted by Gasteiger charge is 2.09. The zero-order valence-electron chi connectivity index (χ0n) is 12.0. The van der Waals surface area contributed by atoms with E-state index in [0.29, 0.717) is 11.8 Å². The Morgan fingerprint density at radius 2 is 1.95 bits per heavy atom. The first-order chi connectivity index (χ1) is 9.72. The van der Waals surface area contributed by atoms with Gasteiger partial charge in [-0.05, 0) is 24.5 Å². The predicted molar refractivity (Wildman–Crippen MR) is 76.4 cm³/mol. The van der Waals surface area contributed by atoms with Crippen LogP contribution in [0.3, 0.4) is 0 Å². The number of aromatic nitrogens is 2. The molecule has 2 N–H and O–H groups in total. The Balaban J connectivity index is 2.01. The maximum atomic E-state index is 6.01. The highest BCUT2D eigenvalue weighted by atomic mass is 16.5. The molecule has 0 saturated heterocycles. The molecule has 1 aromatic carbocycles. The lowest BCUT2D eigenvalue weighted by Gasteiger charge is -2.13. The number of para-hydroxylation sites is 1. The molecule has 0 spiro atoms. The standard InChI is InChI=1S/C15H21N3O2/c1-3-12(16)9-11-7-5-6-8-13(11)19-10-15-18-17-14(4-2)20-15/h5-8,12H,3-4,9-10,16H2,1-2H3. The largest absolute Gasteiger partial charge is 0.484 e. The molecule has 1 heterocycles. The van der Waals surface area contributed by atoms with E-state index in [-0.39, 0.29) is 12.6 Å². The Kier molecular flexibility index (Phi) is 5.12. The van der Waals surface area contributed by atoms with Gasteiger partial charge in [-0.15, -0.1) is 10.2 Å². The second-order valence-corrected chi connectivity index (χ2v) is 4.71. The molecular weight excluding hydrogens is 254 g/mol. The fourth-order valence-corrected chi connectivity index (χ4v) is 1.87. The lowest BCUT2D eigenvalue weighted by Crippen LogP contribution is -2.21. The van der Waals surface area contributed by atoms with Crippen molar-refractivity contribution >= 4 is 0 Å². The summed E-state index contributed by atoms with van der Waals surface area (Å²) in [4.78, 5) is 0. The molecule has 2 rings (SSSR count). The zero-order chi connectivity index (χ0) is 14.4. The van der Waals surface area contributed by atoms with E-state index in [0.717, 1.165) is 30.6 Å². The molecule has 0 amide bonds. The van der Waals surface area contributed by atoms with Gasteiger partial charge in [-0.3, -0.25) is 0 Å². The lowest BCUT2D eigenvalue weighted by atomic mass is 10.0. The van der Waals surface area contributed by atoms with Crippen molar-refractivity contribution < 1.29 is 9.15 Å². The minimum atomic E-state index is 0.148. The maximum Gasteiger partial charge on any atom is 0.253 e. The van der Waals surface area contributed by atoms with Gasteiger partial charge in [0.15, 0.2) is 6.61 Å². The van der Waals surface area contributed by atoms with Gasteiger partial charge in [0.1, 0.15) is 5.75 Å². The Morgan fingerprint density at radius 1 is 1.20 bits per heavy atom. The van der Waals surface area contributed by atoms with E-state index in [4.69, 9.17) is 14.9 Å². The molecule has 1 aromatic heterocycles. The number of hydrogen-bond acceptors (Lipinski definition) is 5. The molecule has 0 fully saturated rings. The van der Waals surface area contributed by atoms with Crippen molar-refractivity contribution in [1.29, 1.82) is 0 Å². The summed E-state index contributed by atoms with van der Waals surface area (Å²) in [5, 5.41) is 7.86. The number of nitrogens with zero attached hydrogens (tertiary/aromatic N) is 2. The monoisotopic (exact) mass is 275 g/mol. The molecule has 1 atom stereocenters. The van der Waals surface area contributed by atoms with Crippen molar-refractivity contribution in [2.75, 3.05) is 0 Å². The molecule has 20 heavy (non-hydrogen) atoms. The zero-order valence-corrected chi connectivity index (χ0v) is 12.0. The Labute approximate surface area is 119 Å². The fraction of sp³-hybridized carbons (Fsp3) is 0.467. The van der Waals surface area contributed by atoms with E-state index in [2.05, 4.69) is 17.1 Å². The van der Waals surface area contributed by atoms with E-state index < -0.39 is 0 Å². The van der Waals surface area contributed by atoms with Crippen LogP contribution in [-0.2, 0) is 19.4 Å². The molecule has 2 aromatic rings. The minimum Gasteiger partial charge on any atom is -0.484 e. The van der Waals surface area contributed by atoms with Gasteiger partial charge in [0.25, 0.3) is 5.89 Å². The molecule has 0 aliphatic carbocycles. The van der Waals surface area contributed by atoms with Crippen LogP contribution in [0.1, 0.15) is 37.6 Å². The second-order valence-electron chi connectivity index (χ2n) is 4.71. The summed E-state index contributed by atoms with van der Waals surface area (Å²) in [5.41, 5.74) is 7.11. The molecule has 5 nitrogen and oxygen atoms in total. The van der Waals surface area contributed by atoms with Crippen LogP contribution < -0.4 is 10.5 Å². The summed E-state index contributed by atoms with van der Waals surface area (Å²) >= 11 is 0. The number of hydrogen-bond donors (Lipinski definition) is 1. The van der Waals surface area contributed by atoms with E-state index in [1.165, 1.54) is 0 Å². The van der Waals surface area contributed by atoms with Gasteiger partial charge in [0.2, 0.25) is 5.89 Å². The van der Waals surface area contributed by atoms with Gasteiger partial charge in [-0.2, -0.15) is 0 Å². The minimum absolute atomic E-state index is 0.148. The van der Waals surface area contributed by atoms with Gasteiger partial charge in [0, 0.05) is 12.5 Å². The molecule has 5 heteroatoms. The maximum absolute atomic E-state index is 6.01. The highest BCUT2D eigenvalue weighted by Crippen LogP contribution is 2.21. The third-order valence-electron chi connectivity index (χ3n) is 3.14. The Morgan fingerprint density at radius 3 is 2.65 bits per heavy atom. The van der Waals surface area contributed by atoms with Crippen LogP contribution in [-0.4, -0.2) is 16.2 Å². The van der Waals surface area contributed by atoms with Crippen molar-refractivity contribution in [3.63, 3.8) is 0 Å². The topological polar surface area (TPSA) is 74.2 Å². The van der Waals surface area contributed by atoms with Crippen LogP contribution in [0.4, 0.5) is 0 Å². The van der Waals surface area contributed by atoms with E-state index in [1.54, 1.807) is 0 Å². The number of benzene rings is 1. The third-order valence-corrected chi connectivity index (χ3v) is 3.14. The quantitative estimate of drug-likeness (QED) is 0.840. The Bertz CT molecular complexity index is 539. The van der Waals surface area contributed by atoms with Crippen LogP contribution >= 0.6 is 0 Å². The summed E-state index contributed by atoms with van der Waals surface area (Å²) in [7, 11) is 0. The van der Waals surface area contributed by atoms with Gasteiger partial charge in [0.05, 0.1) is 0 Å². The van der Waals surface area contributed by atoms with Crippen molar-refractivity contribution in [3.8, 4) is 5.75 Å². The van der Waals surface area contributed by atoms with Crippen LogP contribution in [0, 0.1) is 0 Å². The predicted octanol–water partition coefficient (Wildman–Crippen LogP) is 2.49. The second kappa shape index (κ2) is 7.05. The van der Waals surface area contributed by atoms with Crippen molar-refractivity contribution in [2.45, 2.75) is 45.8 Å². The van der Waals surface area contributed by atoms with Gasteiger partial charge in [-0.1, -0.05) is 32.0 Å². The molecule has 0 aliphatic heterocycles. The average Bonchev–Trinajstić information content (AvgIpc) is 2.94. The molecule has 1 unspecified atom stereocenters. The lowest BCUT2D eigenvalue weighted by molar-refractivity contribution is 0.256.